The van der Waals surface area contributed by atoms with E-state index >= 15 is 0 Å². The molecule has 4 nitrogen and oxygen atoms in total. The Hall–Kier alpha value is -0.0300. The van der Waals surface area contributed by atoms with Gasteiger partial charge in [-0.15, -0.1) is 0 Å². The van der Waals surface area contributed by atoms with Crippen molar-refractivity contribution in [2.45, 2.75) is 37.2 Å². The molecular weight excluding hydrogens is 263 g/mol. The zero-order chi connectivity index (χ0) is 12.9. The Morgan fingerprint density at radius 3 is 2.53 bits per heavy atom. The third-order valence-corrected chi connectivity index (χ3v) is 3.53. The minimum absolute atomic E-state index is 0.122. The Kier molecular flexibility index (Phi) is 6.00. The highest BCUT2D eigenvalue weighted by Crippen LogP contribution is 2.33. The lowest BCUT2D eigenvalue weighted by Gasteiger charge is -2.40. The number of hydrogen-bond acceptors (Lipinski definition) is 3. The van der Waals surface area contributed by atoms with E-state index < -0.39 is 4.33 Å². The zero-order valence-electron chi connectivity index (χ0n) is 10.3. The molecule has 100 valence electrons. The highest BCUT2D eigenvalue weighted by molar-refractivity contribution is 6.49. The molecule has 0 radical (unpaired) electrons. The molecule has 1 heterocycles. The fourth-order valence-electron chi connectivity index (χ4n) is 1.96. The van der Waals surface area contributed by atoms with Gasteiger partial charge in [-0.2, -0.15) is 0 Å². The molecule has 0 aromatic rings. The highest BCUT2D eigenvalue weighted by Gasteiger charge is 2.39. The maximum atomic E-state index is 11.3. The van der Waals surface area contributed by atoms with E-state index in [0.29, 0.717) is 19.6 Å². The van der Waals surface area contributed by atoms with E-state index in [9.17, 15) is 4.79 Å². The third kappa shape index (κ3) is 4.62. The molecule has 0 aromatic carbocycles. The van der Waals surface area contributed by atoms with Gasteiger partial charge in [0.2, 0.25) is 5.91 Å². The maximum Gasteiger partial charge on any atom is 0.218 e. The van der Waals surface area contributed by atoms with Gasteiger partial charge in [0.05, 0.1) is 13.2 Å². The molecule has 0 saturated carbocycles. The molecule has 1 saturated heterocycles. The summed E-state index contributed by atoms with van der Waals surface area (Å²) in [6, 6.07) is 0. The smallest absolute Gasteiger partial charge is 0.218 e. The van der Waals surface area contributed by atoms with Crippen LogP contribution in [0.3, 0.4) is 0 Å². The van der Waals surface area contributed by atoms with Crippen LogP contribution in [0.4, 0.5) is 0 Å². The second-order valence-electron chi connectivity index (χ2n) is 4.26. The quantitative estimate of drug-likeness (QED) is 0.782. The molecule has 1 unspecified atom stereocenters. The van der Waals surface area contributed by atoms with Crippen LogP contribution >= 0.6 is 23.2 Å². The van der Waals surface area contributed by atoms with E-state index in [-0.39, 0.29) is 12.1 Å². The average Bonchev–Trinajstić information content (AvgIpc) is 2.26. The Morgan fingerprint density at radius 1 is 1.47 bits per heavy atom. The predicted molar refractivity (Wildman–Crippen MR) is 69.3 cm³/mol. The van der Waals surface area contributed by atoms with E-state index in [0.717, 1.165) is 19.5 Å². The van der Waals surface area contributed by atoms with Crippen LogP contribution < -0.4 is 5.32 Å². The number of alkyl halides is 2. The van der Waals surface area contributed by atoms with Crippen molar-refractivity contribution in [2.75, 3.05) is 26.3 Å². The molecule has 6 heteroatoms. The van der Waals surface area contributed by atoms with E-state index in [1.54, 1.807) is 0 Å². The van der Waals surface area contributed by atoms with Gasteiger partial charge < -0.3 is 10.1 Å². The number of hydrogen-bond donors (Lipinski definition) is 1. The van der Waals surface area contributed by atoms with Gasteiger partial charge in [0, 0.05) is 20.0 Å². The average molecular weight is 283 g/mol. The number of amides is 1. The molecule has 1 fully saturated rings. The zero-order valence-corrected chi connectivity index (χ0v) is 11.9. The first-order chi connectivity index (χ1) is 7.97. The van der Waals surface area contributed by atoms with Crippen molar-refractivity contribution in [3.63, 3.8) is 0 Å². The summed E-state index contributed by atoms with van der Waals surface area (Å²) >= 11 is 12.7. The lowest BCUT2D eigenvalue weighted by molar-refractivity contribution is -0.122. The summed E-state index contributed by atoms with van der Waals surface area (Å²) in [5.41, 5.74) is 0. The lowest BCUT2D eigenvalue weighted by Crippen LogP contribution is -2.59. The molecule has 17 heavy (non-hydrogen) atoms. The molecule has 0 spiro atoms. The van der Waals surface area contributed by atoms with E-state index in [1.807, 2.05) is 6.92 Å². The van der Waals surface area contributed by atoms with Crippen LogP contribution in [0.2, 0.25) is 0 Å². The number of ether oxygens (including phenoxy) is 1. The van der Waals surface area contributed by atoms with Crippen molar-refractivity contribution in [2.24, 2.45) is 0 Å². The number of carbonyl (C=O) groups is 1. The summed E-state index contributed by atoms with van der Waals surface area (Å²) in [5, 5.41) is 2.84. The lowest BCUT2D eigenvalue weighted by atomic mass is 10.1. The summed E-state index contributed by atoms with van der Waals surface area (Å²) in [5.74, 6) is -0.122. The van der Waals surface area contributed by atoms with Gasteiger partial charge in [0.15, 0.2) is 4.33 Å². The summed E-state index contributed by atoms with van der Waals surface area (Å²) in [6.07, 6.45) is 1.15. The normalized spacial score (nSPS) is 20.0. The van der Waals surface area contributed by atoms with Crippen LogP contribution in [0, 0.1) is 0 Å². The van der Waals surface area contributed by atoms with Crippen LogP contribution in [0.5, 0.6) is 0 Å². The predicted octanol–water partition coefficient (Wildman–Crippen LogP) is 1.75. The number of rotatable bonds is 5. The molecule has 1 aliphatic rings. The summed E-state index contributed by atoms with van der Waals surface area (Å²) in [6.45, 7) is 6.25. The first kappa shape index (κ1) is 15.0. The van der Waals surface area contributed by atoms with Crippen molar-refractivity contribution in [1.82, 2.24) is 10.2 Å². The minimum atomic E-state index is -0.961. The second kappa shape index (κ2) is 6.78. The van der Waals surface area contributed by atoms with Gasteiger partial charge in [-0.1, -0.05) is 36.5 Å². The number of halogens is 2. The van der Waals surface area contributed by atoms with Crippen molar-refractivity contribution >= 4 is 29.1 Å². The van der Waals surface area contributed by atoms with Gasteiger partial charge in [0.1, 0.15) is 6.17 Å². The standard InChI is InChI=1S/C11H20Cl2N2O2/c1-3-4-11(12,13)10(14-9(2)16)15-5-7-17-8-6-15/h10H,3-8H2,1-2H3,(H,14,16). The number of nitrogens with zero attached hydrogens (tertiary/aromatic N) is 1. The highest BCUT2D eigenvalue weighted by atomic mass is 35.5. The third-order valence-electron chi connectivity index (χ3n) is 2.73. The number of nitrogens with one attached hydrogen (secondary N) is 1. The second-order valence-corrected chi connectivity index (χ2v) is 5.80. The largest absolute Gasteiger partial charge is 0.379 e. The van der Waals surface area contributed by atoms with Crippen molar-refractivity contribution in [3.05, 3.63) is 0 Å². The van der Waals surface area contributed by atoms with Crippen molar-refractivity contribution in [1.29, 1.82) is 0 Å². The van der Waals surface area contributed by atoms with Gasteiger partial charge in [0.25, 0.3) is 0 Å². The topological polar surface area (TPSA) is 41.6 Å². The van der Waals surface area contributed by atoms with E-state index in [4.69, 9.17) is 27.9 Å². The molecule has 1 aliphatic heterocycles. The molecule has 1 N–H and O–H groups in total. The molecule has 0 aromatic heterocycles. The Labute approximate surface area is 113 Å². The molecule has 0 bridgehead atoms. The van der Waals surface area contributed by atoms with Crippen molar-refractivity contribution in [3.8, 4) is 0 Å². The molecule has 1 atom stereocenters. The SMILES string of the molecule is CCCC(Cl)(Cl)C(NC(C)=O)N1CCOCC1. The van der Waals surface area contributed by atoms with Crippen LogP contribution in [0.25, 0.3) is 0 Å². The van der Waals surface area contributed by atoms with Crippen LogP contribution in [-0.2, 0) is 9.53 Å². The van der Waals surface area contributed by atoms with Crippen molar-refractivity contribution < 1.29 is 9.53 Å². The number of carbonyl (C=O) groups excluding carboxylic acids is 1. The molecule has 0 aliphatic carbocycles. The van der Waals surface area contributed by atoms with Crippen LogP contribution in [0.15, 0.2) is 0 Å². The van der Waals surface area contributed by atoms with Crippen LogP contribution in [-0.4, -0.2) is 47.6 Å². The van der Waals surface area contributed by atoms with Gasteiger partial charge in [-0.05, 0) is 6.42 Å². The Balaban J connectivity index is 2.73. The van der Waals surface area contributed by atoms with Gasteiger partial charge in [-0.3, -0.25) is 9.69 Å². The molecular formula is C11H20Cl2N2O2. The fourth-order valence-corrected chi connectivity index (χ4v) is 2.73. The maximum absolute atomic E-state index is 11.3. The summed E-state index contributed by atoms with van der Waals surface area (Å²) < 4.78 is 4.33. The van der Waals surface area contributed by atoms with Crippen LogP contribution in [0.1, 0.15) is 26.7 Å². The van der Waals surface area contributed by atoms with Gasteiger partial charge in [-0.25, -0.2) is 0 Å². The monoisotopic (exact) mass is 282 g/mol. The number of morpholine rings is 1. The minimum Gasteiger partial charge on any atom is -0.379 e. The van der Waals surface area contributed by atoms with E-state index in [1.165, 1.54) is 6.92 Å². The summed E-state index contributed by atoms with van der Waals surface area (Å²) in [4.78, 5) is 13.3. The Morgan fingerprint density at radius 2 is 2.06 bits per heavy atom. The summed E-state index contributed by atoms with van der Waals surface area (Å²) in [7, 11) is 0. The Bertz CT molecular complexity index is 256. The molecule has 1 rings (SSSR count). The fraction of sp³-hybridized carbons (Fsp3) is 0.909. The molecule has 1 amide bonds. The van der Waals surface area contributed by atoms with Gasteiger partial charge >= 0.3 is 0 Å². The first-order valence-corrected chi connectivity index (χ1v) is 6.69. The van der Waals surface area contributed by atoms with E-state index in [2.05, 4.69) is 10.2 Å². The first-order valence-electron chi connectivity index (χ1n) is 5.94.